The second kappa shape index (κ2) is 4.76. The number of carbonyl (C=O) groups excluding carboxylic acids is 1. The van der Waals surface area contributed by atoms with E-state index in [4.69, 9.17) is 10.5 Å². The minimum absolute atomic E-state index is 0.334. The van der Waals surface area contributed by atoms with Gasteiger partial charge < -0.3 is 10.5 Å². The van der Waals surface area contributed by atoms with Crippen molar-refractivity contribution in [1.82, 2.24) is 4.98 Å². The Morgan fingerprint density at radius 1 is 1.40 bits per heavy atom. The number of nitrogens with zero attached hydrogens (tertiary/aromatic N) is 1. The zero-order valence-electron chi connectivity index (χ0n) is 11.3. The number of para-hydroxylation sites is 1. The van der Waals surface area contributed by atoms with Crippen molar-refractivity contribution in [2.75, 3.05) is 12.3 Å². The fraction of sp³-hybridized carbons (Fsp3) is 0.200. The summed E-state index contributed by atoms with van der Waals surface area (Å²) in [7, 11) is 0. The molecule has 5 heteroatoms. The van der Waals surface area contributed by atoms with Gasteiger partial charge in [0.25, 0.3) is 0 Å². The zero-order chi connectivity index (χ0) is 14.3. The maximum Gasteiger partial charge on any atom is 0.350 e. The Morgan fingerprint density at radius 3 is 2.90 bits per heavy atom. The number of ether oxygens (including phenoxy) is 1. The van der Waals surface area contributed by atoms with E-state index in [9.17, 15) is 4.79 Å². The number of fused-ring (bicyclic) bond motifs is 2. The predicted molar refractivity (Wildman–Crippen MR) is 82.2 cm³/mol. The van der Waals surface area contributed by atoms with Crippen molar-refractivity contribution in [2.24, 2.45) is 0 Å². The summed E-state index contributed by atoms with van der Waals surface area (Å²) in [5, 5.41) is 1.91. The highest BCUT2D eigenvalue weighted by Crippen LogP contribution is 2.37. The van der Waals surface area contributed by atoms with Crippen LogP contribution < -0.4 is 5.73 Å². The molecule has 0 aliphatic carbocycles. The molecule has 0 radical (unpaired) electrons. The van der Waals surface area contributed by atoms with Gasteiger partial charge in [-0.15, -0.1) is 11.3 Å². The van der Waals surface area contributed by atoms with Crippen molar-refractivity contribution in [3.8, 4) is 0 Å². The molecule has 3 aromatic rings. The van der Waals surface area contributed by atoms with Crippen molar-refractivity contribution >= 4 is 44.1 Å². The number of anilines is 1. The van der Waals surface area contributed by atoms with E-state index in [-0.39, 0.29) is 5.97 Å². The van der Waals surface area contributed by atoms with Crippen molar-refractivity contribution in [2.45, 2.75) is 13.8 Å². The van der Waals surface area contributed by atoms with Crippen LogP contribution >= 0.6 is 11.3 Å². The topological polar surface area (TPSA) is 65.2 Å². The van der Waals surface area contributed by atoms with Gasteiger partial charge in [-0.05, 0) is 25.5 Å². The minimum atomic E-state index is -0.378. The van der Waals surface area contributed by atoms with Crippen LogP contribution in [0.2, 0.25) is 0 Å². The molecular weight excluding hydrogens is 272 g/mol. The number of thiophene rings is 1. The molecule has 3 rings (SSSR count). The summed E-state index contributed by atoms with van der Waals surface area (Å²) in [5.74, 6) is -0.378. The first-order valence-corrected chi connectivity index (χ1v) is 7.19. The number of pyridine rings is 1. The van der Waals surface area contributed by atoms with Crippen LogP contribution in [0.3, 0.4) is 0 Å². The molecule has 2 N–H and O–H groups in total. The summed E-state index contributed by atoms with van der Waals surface area (Å²) >= 11 is 1.29. The van der Waals surface area contributed by atoms with Gasteiger partial charge in [-0.25, -0.2) is 9.78 Å². The van der Waals surface area contributed by atoms with Gasteiger partial charge in [-0.2, -0.15) is 0 Å². The first-order valence-electron chi connectivity index (χ1n) is 6.38. The Bertz CT molecular complexity index is 823. The van der Waals surface area contributed by atoms with Crippen LogP contribution in [0.5, 0.6) is 0 Å². The van der Waals surface area contributed by atoms with Gasteiger partial charge in [-0.3, -0.25) is 0 Å². The molecule has 20 heavy (non-hydrogen) atoms. The van der Waals surface area contributed by atoms with Crippen LogP contribution in [0.1, 0.15) is 22.2 Å². The number of aromatic nitrogens is 1. The van der Waals surface area contributed by atoms with E-state index < -0.39 is 0 Å². The molecule has 0 amide bonds. The summed E-state index contributed by atoms with van der Waals surface area (Å²) in [5.41, 5.74) is 8.57. The second-order valence-corrected chi connectivity index (χ2v) is 5.50. The number of nitrogen functional groups attached to an aromatic ring is 1. The van der Waals surface area contributed by atoms with Gasteiger partial charge in [-0.1, -0.05) is 18.2 Å². The average Bonchev–Trinajstić information content (AvgIpc) is 2.77. The molecule has 0 unspecified atom stereocenters. The number of rotatable bonds is 2. The third-order valence-corrected chi connectivity index (χ3v) is 4.37. The highest BCUT2D eigenvalue weighted by molar-refractivity contribution is 7.21. The number of hydrogen-bond donors (Lipinski definition) is 1. The number of nitrogens with two attached hydrogens (primary N) is 1. The predicted octanol–water partition coefficient (Wildman–Crippen LogP) is 3.52. The molecule has 2 heterocycles. The van der Waals surface area contributed by atoms with Crippen molar-refractivity contribution < 1.29 is 9.53 Å². The van der Waals surface area contributed by atoms with Crippen LogP contribution in [-0.2, 0) is 4.74 Å². The third-order valence-electron chi connectivity index (χ3n) is 3.29. The highest BCUT2D eigenvalue weighted by atomic mass is 32.1. The Balaban J connectivity index is 2.33. The van der Waals surface area contributed by atoms with Crippen LogP contribution in [0.15, 0.2) is 24.3 Å². The molecule has 1 aromatic carbocycles. The Hall–Kier alpha value is -2.14. The number of aryl methyl sites for hydroxylation is 1. The normalized spacial score (nSPS) is 11.1. The van der Waals surface area contributed by atoms with E-state index in [2.05, 4.69) is 4.98 Å². The van der Waals surface area contributed by atoms with E-state index >= 15 is 0 Å². The van der Waals surface area contributed by atoms with Crippen molar-refractivity contribution in [1.29, 1.82) is 0 Å². The smallest absolute Gasteiger partial charge is 0.350 e. The van der Waals surface area contributed by atoms with Crippen LogP contribution in [0, 0.1) is 6.92 Å². The molecule has 0 atom stereocenters. The van der Waals surface area contributed by atoms with Gasteiger partial charge in [0, 0.05) is 10.8 Å². The molecule has 102 valence electrons. The lowest BCUT2D eigenvalue weighted by atomic mass is 10.1. The summed E-state index contributed by atoms with van der Waals surface area (Å²) in [6, 6.07) is 7.89. The molecule has 0 spiro atoms. The SMILES string of the molecule is CCOC(=O)c1sc2nc3ccccc3c(C)c2c1N. The van der Waals surface area contributed by atoms with Crippen LogP contribution in [-0.4, -0.2) is 17.6 Å². The molecule has 0 saturated carbocycles. The van der Waals surface area contributed by atoms with Crippen LogP contribution in [0.4, 0.5) is 5.69 Å². The van der Waals surface area contributed by atoms with E-state index in [1.807, 2.05) is 31.2 Å². The van der Waals surface area contributed by atoms with Crippen molar-refractivity contribution in [3.05, 3.63) is 34.7 Å². The number of carbonyl (C=O) groups is 1. The van der Waals surface area contributed by atoms with E-state index in [0.717, 1.165) is 26.7 Å². The van der Waals surface area contributed by atoms with Gasteiger partial charge in [0.1, 0.15) is 9.71 Å². The molecule has 2 aromatic heterocycles. The van der Waals surface area contributed by atoms with Gasteiger partial charge in [0.15, 0.2) is 0 Å². The lowest BCUT2D eigenvalue weighted by Crippen LogP contribution is -2.04. The Labute approximate surface area is 120 Å². The average molecular weight is 286 g/mol. The zero-order valence-corrected chi connectivity index (χ0v) is 12.1. The van der Waals surface area contributed by atoms with Gasteiger partial charge in [0.05, 0.1) is 17.8 Å². The third kappa shape index (κ3) is 1.82. The first-order chi connectivity index (χ1) is 9.63. The maximum absolute atomic E-state index is 11.9. The summed E-state index contributed by atoms with van der Waals surface area (Å²) in [6.45, 7) is 4.12. The van der Waals surface area contributed by atoms with E-state index in [1.165, 1.54) is 11.3 Å². The standard InChI is InChI=1S/C15H14N2O2S/c1-3-19-15(18)13-12(16)11-8(2)9-6-4-5-7-10(9)17-14(11)20-13/h4-7H,3,16H2,1-2H3. The molecule has 0 saturated heterocycles. The summed E-state index contributed by atoms with van der Waals surface area (Å²) in [4.78, 5) is 17.7. The lowest BCUT2D eigenvalue weighted by molar-refractivity contribution is 0.0533. The molecular formula is C15H14N2O2S. The van der Waals surface area contributed by atoms with Gasteiger partial charge >= 0.3 is 5.97 Å². The number of esters is 1. The highest BCUT2D eigenvalue weighted by Gasteiger charge is 2.20. The first kappa shape index (κ1) is 12.9. The lowest BCUT2D eigenvalue weighted by Gasteiger charge is -2.04. The second-order valence-electron chi connectivity index (χ2n) is 4.50. The largest absolute Gasteiger partial charge is 0.462 e. The molecule has 0 bridgehead atoms. The molecule has 0 aliphatic heterocycles. The number of benzene rings is 1. The molecule has 0 fully saturated rings. The fourth-order valence-corrected chi connectivity index (χ4v) is 3.41. The summed E-state index contributed by atoms with van der Waals surface area (Å²) < 4.78 is 5.04. The van der Waals surface area contributed by atoms with Crippen LogP contribution in [0.25, 0.3) is 21.1 Å². The number of hydrogen-bond acceptors (Lipinski definition) is 5. The van der Waals surface area contributed by atoms with E-state index in [1.54, 1.807) is 6.92 Å². The monoisotopic (exact) mass is 286 g/mol. The van der Waals surface area contributed by atoms with Crippen molar-refractivity contribution in [3.63, 3.8) is 0 Å². The quantitative estimate of drug-likeness (QED) is 0.732. The summed E-state index contributed by atoms with van der Waals surface area (Å²) in [6.07, 6.45) is 0. The Kier molecular flexibility index (Phi) is 3.06. The Morgan fingerprint density at radius 2 is 2.15 bits per heavy atom. The molecule has 4 nitrogen and oxygen atoms in total. The minimum Gasteiger partial charge on any atom is -0.462 e. The van der Waals surface area contributed by atoms with Gasteiger partial charge in [0.2, 0.25) is 0 Å². The fourth-order valence-electron chi connectivity index (χ4n) is 2.35. The molecule has 0 aliphatic rings. The maximum atomic E-state index is 11.9. The van der Waals surface area contributed by atoms with E-state index in [0.29, 0.717) is 17.2 Å².